The molecule has 7 nitrogen and oxygen atoms in total. The van der Waals surface area contributed by atoms with E-state index in [0.717, 1.165) is 17.9 Å². The summed E-state index contributed by atoms with van der Waals surface area (Å²) in [5.41, 5.74) is 3.24. The molecule has 0 atom stereocenters. The molecule has 1 saturated carbocycles. The molecular formula is C22H31N5O2. The molecule has 156 valence electrons. The van der Waals surface area contributed by atoms with E-state index in [0.29, 0.717) is 24.1 Å². The second-order valence-electron chi connectivity index (χ2n) is 7.68. The summed E-state index contributed by atoms with van der Waals surface area (Å²) < 4.78 is 0. The van der Waals surface area contributed by atoms with Gasteiger partial charge in [0.25, 0.3) is 0 Å². The number of aromatic amines is 1. The summed E-state index contributed by atoms with van der Waals surface area (Å²) in [6, 6.07) is 9.85. The highest BCUT2D eigenvalue weighted by Crippen LogP contribution is 2.39. The lowest BCUT2D eigenvalue weighted by atomic mass is 10.0. The van der Waals surface area contributed by atoms with Gasteiger partial charge in [0.1, 0.15) is 0 Å². The number of benzene rings is 1. The van der Waals surface area contributed by atoms with Gasteiger partial charge in [-0.25, -0.2) is 0 Å². The number of carbonyl (C=O) groups excluding carboxylic acids is 2. The molecule has 7 heteroatoms. The van der Waals surface area contributed by atoms with Crippen LogP contribution in [0.15, 0.2) is 42.5 Å². The predicted molar refractivity (Wildman–Crippen MR) is 117 cm³/mol. The topological polar surface area (TPSA) is 90.1 Å². The van der Waals surface area contributed by atoms with Crippen LogP contribution in [-0.2, 0) is 9.59 Å². The van der Waals surface area contributed by atoms with Crippen LogP contribution in [0.1, 0.15) is 49.8 Å². The highest BCUT2D eigenvalue weighted by atomic mass is 16.1. The number of nitrogens with one attached hydrogen (secondary N) is 3. The highest BCUT2D eigenvalue weighted by molar-refractivity contribution is 5.99. The molecule has 0 saturated heterocycles. The van der Waals surface area contributed by atoms with E-state index in [9.17, 15) is 9.59 Å². The van der Waals surface area contributed by atoms with Crippen LogP contribution in [0, 0.1) is 0 Å². The Morgan fingerprint density at radius 1 is 1.28 bits per heavy atom. The van der Waals surface area contributed by atoms with Crippen molar-refractivity contribution in [3.05, 3.63) is 53.7 Å². The first-order valence-corrected chi connectivity index (χ1v) is 9.86. The van der Waals surface area contributed by atoms with E-state index in [4.69, 9.17) is 0 Å². The molecule has 29 heavy (non-hydrogen) atoms. The van der Waals surface area contributed by atoms with Crippen molar-refractivity contribution in [2.75, 3.05) is 31.3 Å². The molecule has 1 heterocycles. The Kier molecular flexibility index (Phi) is 8.61. The van der Waals surface area contributed by atoms with E-state index in [1.807, 2.05) is 55.4 Å². The average molecular weight is 398 g/mol. The van der Waals surface area contributed by atoms with Gasteiger partial charge in [-0.2, -0.15) is 5.10 Å². The zero-order valence-corrected chi connectivity index (χ0v) is 17.6. The number of likely N-dealkylation sites (N-methyl/N-ethyl adjacent to an activating group) is 1. The molecule has 2 aromatic rings. The van der Waals surface area contributed by atoms with Gasteiger partial charge >= 0.3 is 0 Å². The molecule has 3 rings (SSSR count). The molecule has 2 amide bonds. The number of H-pyrrole nitrogens is 1. The lowest BCUT2D eigenvalue weighted by molar-refractivity contribution is -0.112. The summed E-state index contributed by atoms with van der Waals surface area (Å²) >= 11 is 0. The lowest BCUT2D eigenvalue weighted by Crippen LogP contribution is -2.12. The van der Waals surface area contributed by atoms with Crippen LogP contribution >= 0.6 is 0 Å². The van der Waals surface area contributed by atoms with Gasteiger partial charge in [-0.05, 0) is 50.6 Å². The number of amides is 2. The van der Waals surface area contributed by atoms with Crippen molar-refractivity contribution in [3.63, 3.8) is 0 Å². The number of aromatic nitrogens is 2. The molecular weight excluding hydrogens is 366 g/mol. The van der Waals surface area contributed by atoms with Crippen molar-refractivity contribution in [2.24, 2.45) is 0 Å². The summed E-state index contributed by atoms with van der Waals surface area (Å²) in [7, 11) is 3.93. The quantitative estimate of drug-likeness (QED) is 0.468. The fourth-order valence-electron chi connectivity index (χ4n) is 2.58. The molecule has 1 aromatic carbocycles. The second-order valence-corrected chi connectivity index (χ2v) is 7.68. The first-order valence-electron chi connectivity index (χ1n) is 9.86. The Labute approximate surface area is 172 Å². The molecule has 1 aliphatic rings. The number of hydrogen-bond donors (Lipinski definition) is 3. The van der Waals surface area contributed by atoms with Crippen molar-refractivity contribution < 1.29 is 9.59 Å². The molecule has 1 aromatic heterocycles. The van der Waals surface area contributed by atoms with E-state index < -0.39 is 0 Å². The van der Waals surface area contributed by atoms with Crippen molar-refractivity contribution in [2.45, 2.75) is 38.5 Å². The number of nitrogens with zero attached hydrogens (tertiary/aromatic N) is 2. The Hall–Kier alpha value is -2.93. The van der Waals surface area contributed by atoms with Crippen LogP contribution in [0.3, 0.4) is 0 Å². The van der Waals surface area contributed by atoms with Gasteiger partial charge in [0.2, 0.25) is 12.3 Å². The van der Waals surface area contributed by atoms with E-state index in [1.54, 1.807) is 6.08 Å². The monoisotopic (exact) mass is 397 g/mol. The second kappa shape index (κ2) is 11.2. The highest BCUT2D eigenvalue weighted by Gasteiger charge is 2.25. The number of anilines is 2. The summed E-state index contributed by atoms with van der Waals surface area (Å²) in [6.45, 7) is 5.06. The number of hydrogen-bond acceptors (Lipinski definition) is 4. The fraction of sp³-hybridized carbons (Fsp3) is 0.409. The minimum absolute atomic E-state index is 0.0888. The third kappa shape index (κ3) is 8.31. The zero-order valence-electron chi connectivity index (χ0n) is 17.6. The van der Waals surface area contributed by atoms with Crippen molar-refractivity contribution in [1.29, 1.82) is 0 Å². The summed E-state index contributed by atoms with van der Waals surface area (Å²) in [5, 5.41) is 12.1. The van der Waals surface area contributed by atoms with Crippen LogP contribution in [0.25, 0.3) is 0 Å². The SMILES string of the molecule is CC(C)c1ccc(NC(=O)/C=C/CN(C)C)cc1.O=CNc1cc(C2CC2)[nH]n1. The Morgan fingerprint density at radius 2 is 1.97 bits per heavy atom. The fourth-order valence-corrected chi connectivity index (χ4v) is 2.58. The van der Waals surface area contributed by atoms with E-state index in [1.165, 1.54) is 18.4 Å². The van der Waals surface area contributed by atoms with Crippen LogP contribution in [-0.4, -0.2) is 48.1 Å². The Balaban J connectivity index is 0.000000230. The molecule has 3 N–H and O–H groups in total. The van der Waals surface area contributed by atoms with E-state index in [-0.39, 0.29) is 5.91 Å². The molecule has 0 aliphatic heterocycles. The van der Waals surface area contributed by atoms with Gasteiger partial charge in [0.15, 0.2) is 5.82 Å². The van der Waals surface area contributed by atoms with Gasteiger partial charge < -0.3 is 15.5 Å². The largest absolute Gasteiger partial charge is 0.323 e. The third-order valence-electron chi connectivity index (χ3n) is 4.41. The Morgan fingerprint density at radius 3 is 2.52 bits per heavy atom. The van der Waals surface area contributed by atoms with Gasteiger partial charge in [0.05, 0.1) is 0 Å². The maximum absolute atomic E-state index is 11.6. The minimum Gasteiger partial charge on any atom is -0.323 e. The molecule has 1 aliphatic carbocycles. The van der Waals surface area contributed by atoms with Crippen LogP contribution in [0.2, 0.25) is 0 Å². The maximum Gasteiger partial charge on any atom is 0.248 e. The summed E-state index contributed by atoms with van der Waals surface area (Å²) in [6.07, 6.45) is 6.52. The minimum atomic E-state index is -0.0888. The van der Waals surface area contributed by atoms with Crippen LogP contribution in [0.4, 0.5) is 11.5 Å². The van der Waals surface area contributed by atoms with Gasteiger partial charge in [-0.3, -0.25) is 14.7 Å². The molecule has 0 bridgehead atoms. The smallest absolute Gasteiger partial charge is 0.248 e. The normalized spacial score (nSPS) is 13.3. The number of rotatable bonds is 8. The summed E-state index contributed by atoms with van der Waals surface area (Å²) in [4.78, 5) is 23.6. The van der Waals surface area contributed by atoms with Crippen molar-refractivity contribution in [3.8, 4) is 0 Å². The maximum atomic E-state index is 11.6. The van der Waals surface area contributed by atoms with Gasteiger partial charge in [-0.15, -0.1) is 0 Å². The van der Waals surface area contributed by atoms with Crippen LogP contribution in [0.5, 0.6) is 0 Å². The molecule has 0 spiro atoms. The average Bonchev–Trinajstić information content (AvgIpc) is 3.42. The first kappa shape index (κ1) is 22.4. The summed E-state index contributed by atoms with van der Waals surface area (Å²) in [5.74, 6) is 1.69. The first-order chi connectivity index (χ1) is 13.9. The van der Waals surface area contributed by atoms with Crippen molar-refractivity contribution in [1.82, 2.24) is 15.1 Å². The predicted octanol–water partition coefficient (Wildman–Crippen LogP) is 3.72. The molecule has 0 unspecified atom stereocenters. The van der Waals surface area contributed by atoms with Gasteiger partial charge in [-0.1, -0.05) is 32.1 Å². The molecule has 0 radical (unpaired) electrons. The van der Waals surface area contributed by atoms with Crippen LogP contribution < -0.4 is 10.6 Å². The van der Waals surface area contributed by atoms with E-state index >= 15 is 0 Å². The number of carbonyl (C=O) groups is 2. The van der Waals surface area contributed by atoms with Crippen molar-refractivity contribution >= 4 is 23.8 Å². The zero-order chi connectivity index (χ0) is 21.2. The standard InChI is InChI=1S/C15H22N2O.C7H9N3O/c1-12(2)13-7-9-14(10-8-13)16-15(18)6-5-11-17(3)4;11-4-8-7-3-6(9-10-7)5-1-2-5/h5-10,12H,11H2,1-4H3,(H,16,18);3-5H,1-2H2,(H2,8,9,10,11)/b6-5+;. The lowest BCUT2D eigenvalue weighted by Gasteiger charge is -2.07. The molecule has 1 fully saturated rings. The van der Waals surface area contributed by atoms with Gasteiger partial charge in [0, 0.05) is 36.0 Å². The third-order valence-corrected chi connectivity index (χ3v) is 4.41. The van der Waals surface area contributed by atoms with E-state index in [2.05, 4.69) is 34.7 Å². The Bertz CT molecular complexity index is 805.